The first-order valence-electron chi connectivity index (χ1n) is 8.78. The standard InChI is InChI=1S/C21H22N2O5/c1-5-28-17-9-7-6-8-16(17)22-20(24)15-12-23(2)21(25)14-11-19(27-4)18(26-3)10-13(14)15/h6-12H,5H2,1-4H3,(H,22,24). The van der Waals surface area contributed by atoms with Crippen LogP contribution in [0.3, 0.4) is 0 Å². The van der Waals surface area contributed by atoms with Crippen LogP contribution >= 0.6 is 0 Å². The fourth-order valence-corrected chi connectivity index (χ4v) is 3.01. The van der Waals surface area contributed by atoms with Crippen LogP contribution in [0.4, 0.5) is 5.69 Å². The van der Waals surface area contributed by atoms with E-state index >= 15 is 0 Å². The summed E-state index contributed by atoms with van der Waals surface area (Å²) in [6.45, 7) is 2.35. The van der Waals surface area contributed by atoms with Crippen molar-refractivity contribution in [2.45, 2.75) is 6.92 Å². The number of fused-ring (bicyclic) bond motifs is 1. The number of hydrogen-bond donors (Lipinski definition) is 1. The van der Waals surface area contributed by atoms with Crippen LogP contribution in [-0.2, 0) is 7.05 Å². The number of benzene rings is 2. The lowest BCUT2D eigenvalue weighted by Crippen LogP contribution is -2.22. The van der Waals surface area contributed by atoms with Gasteiger partial charge in [0.1, 0.15) is 5.75 Å². The topological polar surface area (TPSA) is 78.8 Å². The highest BCUT2D eigenvalue weighted by Gasteiger charge is 2.18. The van der Waals surface area contributed by atoms with E-state index in [9.17, 15) is 9.59 Å². The minimum absolute atomic E-state index is 0.234. The SMILES string of the molecule is CCOc1ccccc1NC(=O)c1cn(C)c(=O)c2cc(OC)c(OC)cc12. The average molecular weight is 382 g/mol. The van der Waals surface area contributed by atoms with Gasteiger partial charge in [-0.1, -0.05) is 12.1 Å². The number of anilines is 1. The number of amides is 1. The molecule has 1 amide bonds. The van der Waals surface area contributed by atoms with Gasteiger partial charge in [0.05, 0.1) is 37.5 Å². The van der Waals surface area contributed by atoms with Crippen LogP contribution in [0.5, 0.6) is 17.2 Å². The third-order valence-electron chi connectivity index (χ3n) is 4.37. The van der Waals surface area contributed by atoms with Crippen molar-refractivity contribution >= 4 is 22.4 Å². The Hall–Kier alpha value is -3.48. The number of methoxy groups -OCH3 is 2. The van der Waals surface area contributed by atoms with E-state index in [-0.39, 0.29) is 11.5 Å². The summed E-state index contributed by atoms with van der Waals surface area (Å²) < 4.78 is 17.6. The van der Waals surface area contributed by atoms with Gasteiger partial charge >= 0.3 is 0 Å². The quantitative estimate of drug-likeness (QED) is 0.708. The molecular weight excluding hydrogens is 360 g/mol. The molecule has 0 radical (unpaired) electrons. The van der Waals surface area contributed by atoms with E-state index in [1.54, 1.807) is 31.3 Å². The summed E-state index contributed by atoms with van der Waals surface area (Å²) in [5.41, 5.74) is 0.656. The minimum Gasteiger partial charge on any atom is -0.493 e. The minimum atomic E-state index is -0.361. The first kappa shape index (κ1) is 19.3. The predicted molar refractivity (Wildman–Crippen MR) is 108 cm³/mol. The molecule has 28 heavy (non-hydrogen) atoms. The molecule has 0 bridgehead atoms. The molecule has 7 nitrogen and oxygen atoms in total. The second-order valence-corrected chi connectivity index (χ2v) is 6.09. The number of aryl methyl sites for hydroxylation is 1. The first-order chi connectivity index (χ1) is 13.5. The fraction of sp³-hybridized carbons (Fsp3) is 0.238. The van der Waals surface area contributed by atoms with E-state index in [2.05, 4.69) is 5.32 Å². The van der Waals surface area contributed by atoms with E-state index in [1.165, 1.54) is 25.0 Å². The number of nitrogens with one attached hydrogen (secondary N) is 1. The number of pyridine rings is 1. The molecular formula is C21H22N2O5. The molecule has 0 saturated carbocycles. The highest BCUT2D eigenvalue weighted by molar-refractivity contribution is 6.13. The number of carbonyl (C=O) groups is 1. The van der Waals surface area contributed by atoms with Gasteiger partial charge in [-0.25, -0.2) is 0 Å². The summed E-state index contributed by atoms with van der Waals surface area (Å²) in [5.74, 6) is 1.07. The highest BCUT2D eigenvalue weighted by atomic mass is 16.5. The lowest BCUT2D eigenvalue weighted by molar-refractivity contribution is 0.102. The van der Waals surface area contributed by atoms with Crippen LogP contribution < -0.4 is 25.1 Å². The maximum absolute atomic E-state index is 13.0. The summed E-state index contributed by atoms with van der Waals surface area (Å²) in [6, 6.07) is 10.4. The molecule has 0 saturated heterocycles. The Bertz CT molecular complexity index is 1090. The Labute approximate surface area is 162 Å². The van der Waals surface area contributed by atoms with Gasteiger partial charge in [0, 0.05) is 18.6 Å². The third-order valence-corrected chi connectivity index (χ3v) is 4.37. The molecule has 0 aliphatic heterocycles. The lowest BCUT2D eigenvalue weighted by atomic mass is 10.1. The van der Waals surface area contributed by atoms with E-state index in [1.807, 2.05) is 19.1 Å². The van der Waals surface area contributed by atoms with Gasteiger partial charge in [-0.2, -0.15) is 0 Å². The van der Waals surface area contributed by atoms with Crippen LogP contribution in [0.1, 0.15) is 17.3 Å². The predicted octanol–water partition coefficient (Wildman–Crippen LogP) is 3.21. The number of rotatable bonds is 6. The van der Waals surface area contributed by atoms with Crippen molar-refractivity contribution in [2.24, 2.45) is 7.05 Å². The van der Waals surface area contributed by atoms with Gasteiger partial charge in [0.2, 0.25) is 0 Å². The van der Waals surface area contributed by atoms with Gasteiger partial charge in [0.25, 0.3) is 11.5 Å². The number of nitrogens with zero attached hydrogens (tertiary/aromatic N) is 1. The Morgan fingerprint density at radius 2 is 1.68 bits per heavy atom. The Balaban J connectivity index is 2.13. The molecule has 7 heteroatoms. The first-order valence-corrected chi connectivity index (χ1v) is 8.78. The smallest absolute Gasteiger partial charge is 0.258 e. The highest BCUT2D eigenvalue weighted by Crippen LogP contribution is 2.33. The summed E-state index contributed by atoms with van der Waals surface area (Å²) in [6.07, 6.45) is 1.51. The van der Waals surface area contributed by atoms with Crippen molar-refractivity contribution in [3.8, 4) is 17.2 Å². The molecule has 0 aliphatic carbocycles. The number of aromatic nitrogens is 1. The van der Waals surface area contributed by atoms with Crippen LogP contribution in [-0.4, -0.2) is 31.3 Å². The van der Waals surface area contributed by atoms with Gasteiger partial charge in [-0.05, 0) is 31.2 Å². The third kappa shape index (κ3) is 3.51. The largest absolute Gasteiger partial charge is 0.493 e. The summed E-state index contributed by atoms with van der Waals surface area (Å²) in [7, 11) is 4.60. The monoisotopic (exact) mass is 382 g/mol. The Morgan fingerprint density at radius 1 is 1.04 bits per heavy atom. The van der Waals surface area contributed by atoms with E-state index in [0.29, 0.717) is 45.9 Å². The molecule has 146 valence electrons. The molecule has 3 aromatic rings. The number of hydrogen-bond acceptors (Lipinski definition) is 5. The molecule has 0 atom stereocenters. The molecule has 1 N–H and O–H groups in total. The lowest BCUT2D eigenvalue weighted by Gasteiger charge is -2.15. The van der Waals surface area contributed by atoms with E-state index in [0.717, 1.165) is 0 Å². The summed E-state index contributed by atoms with van der Waals surface area (Å²) >= 11 is 0. The normalized spacial score (nSPS) is 10.6. The van der Waals surface area contributed by atoms with Crippen molar-refractivity contribution in [1.82, 2.24) is 4.57 Å². The Kier molecular flexibility index (Phi) is 5.54. The molecule has 0 spiro atoms. The van der Waals surface area contributed by atoms with Gasteiger partial charge in [-0.3, -0.25) is 9.59 Å². The molecule has 3 rings (SSSR count). The van der Waals surface area contributed by atoms with Gasteiger partial charge in [-0.15, -0.1) is 0 Å². The molecule has 2 aromatic carbocycles. The molecule has 0 fully saturated rings. The molecule has 1 heterocycles. The number of ether oxygens (including phenoxy) is 3. The van der Waals surface area contributed by atoms with Crippen LogP contribution in [0.15, 0.2) is 47.4 Å². The molecule has 0 unspecified atom stereocenters. The van der Waals surface area contributed by atoms with Crippen molar-refractivity contribution in [1.29, 1.82) is 0 Å². The number of para-hydroxylation sites is 2. The van der Waals surface area contributed by atoms with Crippen LogP contribution in [0.2, 0.25) is 0 Å². The maximum Gasteiger partial charge on any atom is 0.258 e. The summed E-state index contributed by atoms with van der Waals surface area (Å²) in [5, 5.41) is 3.71. The second kappa shape index (κ2) is 8.04. The zero-order valence-corrected chi connectivity index (χ0v) is 16.2. The van der Waals surface area contributed by atoms with Crippen molar-refractivity contribution in [3.63, 3.8) is 0 Å². The average Bonchev–Trinajstić information content (AvgIpc) is 2.71. The van der Waals surface area contributed by atoms with Gasteiger partial charge in [0.15, 0.2) is 11.5 Å². The fourth-order valence-electron chi connectivity index (χ4n) is 3.01. The van der Waals surface area contributed by atoms with Gasteiger partial charge < -0.3 is 24.1 Å². The zero-order valence-electron chi connectivity index (χ0n) is 16.2. The van der Waals surface area contributed by atoms with Crippen molar-refractivity contribution in [3.05, 3.63) is 58.5 Å². The maximum atomic E-state index is 13.0. The zero-order chi connectivity index (χ0) is 20.3. The molecule has 1 aromatic heterocycles. The Morgan fingerprint density at radius 3 is 2.32 bits per heavy atom. The second-order valence-electron chi connectivity index (χ2n) is 6.09. The van der Waals surface area contributed by atoms with Crippen molar-refractivity contribution < 1.29 is 19.0 Å². The van der Waals surface area contributed by atoms with E-state index < -0.39 is 0 Å². The van der Waals surface area contributed by atoms with E-state index in [4.69, 9.17) is 14.2 Å². The van der Waals surface area contributed by atoms with Crippen LogP contribution in [0, 0.1) is 0 Å². The van der Waals surface area contributed by atoms with Crippen LogP contribution in [0.25, 0.3) is 10.8 Å². The summed E-state index contributed by atoms with van der Waals surface area (Å²) in [4.78, 5) is 25.6. The van der Waals surface area contributed by atoms with Crippen molar-refractivity contribution in [2.75, 3.05) is 26.1 Å². The number of carbonyl (C=O) groups excluding carboxylic acids is 1. The molecule has 0 aliphatic rings.